The summed E-state index contributed by atoms with van der Waals surface area (Å²) in [6.07, 6.45) is 0. The number of H-pyrrole nitrogens is 1. The molecule has 0 fully saturated rings. The van der Waals surface area contributed by atoms with Gasteiger partial charge in [-0.25, -0.2) is 4.98 Å². The molecule has 1 heterocycles. The van der Waals surface area contributed by atoms with E-state index < -0.39 is 0 Å². The van der Waals surface area contributed by atoms with Crippen LogP contribution in [0.15, 0.2) is 118 Å². The molecule has 0 aliphatic heterocycles. The largest absolute Gasteiger partial charge is 0.325 e. The van der Waals surface area contributed by atoms with Crippen molar-refractivity contribution in [2.45, 2.75) is 10.6 Å². The fourth-order valence-corrected chi connectivity index (χ4v) is 4.65. The van der Waals surface area contributed by atoms with Crippen LogP contribution < -0.4 is 16.2 Å². The maximum Gasteiger partial charge on any atom is 0.257 e. The number of carbonyl (C=O) groups is 1. The van der Waals surface area contributed by atoms with Crippen molar-refractivity contribution in [2.75, 3.05) is 5.32 Å². The van der Waals surface area contributed by atoms with Gasteiger partial charge in [-0.15, -0.1) is 11.8 Å². The molecule has 1 aromatic heterocycles. The smallest absolute Gasteiger partial charge is 0.257 e. The summed E-state index contributed by atoms with van der Waals surface area (Å²) in [5, 5.41) is 8.66. The van der Waals surface area contributed by atoms with Gasteiger partial charge in [-0.2, -0.15) is 4.99 Å². The topological polar surface area (TPSA) is 99.2 Å². The summed E-state index contributed by atoms with van der Waals surface area (Å²) in [6, 6.07) is 31.4. The van der Waals surface area contributed by atoms with E-state index >= 15 is 0 Å². The quantitative estimate of drug-likeness (QED) is 0.132. The number of amides is 1. The number of hydrogen-bond acceptors (Lipinski definition) is 5. The molecule has 5 rings (SSSR count). The Morgan fingerprint density at radius 3 is 2.47 bits per heavy atom. The summed E-state index contributed by atoms with van der Waals surface area (Å²) < 4.78 is 0. The number of nitrogens with one attached hydrogen (secondary N) is 3. The summed E-state index contributed by atoms with van der Waals surface area (Å²) >= 11 is 7.49. The number of benzene rings is 4. The molecule has 7 nitrogen and oxygen atoms in total. The summed E-state index contributed by atoms with van der Waals surface area (Å²) in [5.41, 5.74) is 1.41. The first-order valence-corrected chi connectivity index (χ1v) is 13.1. The number of aromatic amines is 1. The lowest BCUT2D eigenvalue weighted by atomic mass is 10.1. The van der Waals surface area contributed by atoms with Crippen LogP contribution >= 0.6 is 23.4 Å². The van der Waals surface area contributed by atoms with Crippen molar-refractivity contribution >= 4 is 57.6 Å². The van der Waals surface area contributed by atoms with E-state index in [9.17, 15) is 9.59 Å². The number of aliphatic imine (C=N–C) groups is 1. The van der Waals surface area contributed by atoms with Gasteiger partial charge in [0.1, 0.15) is 0 Å². The molecule has 0 aliphatic carbocycles. The molecule has 0 saturated heterocycles. The highest BCUT2D eigenvalue weighted by atomic mass is 35.5. The number of halogens is 1. The van der Waals surface area contributed by atoms with Gasteiger partial charge in [0.15, 0.2) is 0 Å². The number of thioether (sulfide) groups is 1. The molecule has 5 aromatic rings. The van der Waals surface area contributed by atoms with Crippen LogP contribution in [0.2, 0.25) is 5.02 Å². The first-order valence-electron chi connectivity index (χ1n) is 11.7. The highest BCUT2D eigenvalue weighted by Gasteiger charge is 2.12. The normalized spacial score (nSPS) is 11.3. The van der Waals surface area contributed by atoms with Gasteiger partial charge in [0.05, 0.1) is 5.69 Å². The average molecular weight is 540 g/mol. The molecule has 38 heavy (non-hydrogen) atoms. The maximum absolute atomic E-state index is 13.0. The molecule has 0 saturated carbocycles. The number of carbonyl (C=O) groups excluding carboxylic acids is 1. The van der Waals surface area contributed by atoms with Crippen LogP contribution in [0.1, 0.15) is 16.1 Å². The second kappa shape index (κ2) is 11.8. The van der Waals surface area contributed by atoms with E-state index in [0.717, 1.165) is 21.4 Å². The Morgan fingerprint density at radius 1 is 0.921 bits per heavy atom. The highest BCUT2D eigenvalue weighted by molar-refractivity contribution is 7.98. The lowest BCUT2D eigenvalue weighted by molar-refractivity contribution is 0.0977. The van der Waals surface area contributed by atoms with Crippen LogP contribution in [0.5, 0.6) is 0 Å². The number of hydrogen-bond donors (Lipinski definition) is 3. The summed E-state index contributed by atoms with van der Waals surface area (Å²) in [7, 11) is 0. The van der Waals surface area contributed by atoms with E-state index in [0.29, 0.717) is 22.0 Å². The molecule has 0 spiro atoms. The Morgan fingerprint density at radius 2 is 1.66 bits per heavy atom. The Kier molecular flexibility index (Phi) is 7.82. The van der Waals surface area contributed by atoms with E-state index in [2.05, 4.69) is 25.6 Å². The molecule has 1 amide bonds. The Bertz CT molecular complexity index is 1670. The van der Waals surface area contributed by atoms with Crippen LogP contribution in [-0.4, -0.2) is 21.8 Å². The zero-order valence-electron chi connectivity index (χ0n) is 20.0. The zero-order chi connectivity index (χ0) is 26.3. The number of rotatable bonds is 6. The van der Waals surface area contributed by atoms with E-state index in [4.69, 9.17) is 11.6 Å². The lowest BCUT2D eigenvalue weighted by Crippen LogP contribution is -2.36. The molecule has 0 atom stereocenters. The monoisotopic (exact) mass is 539 g/mol. The minimum Gasteiger partial charge on any atom is -0.325 e. The van der Waals surface area contributed by atoms with Crippen LogP contribution in [0.25, 0.3) is 10.8 Å². The first kappa shape index (κ1) is 25.3. The van der Waals surface area contributed by atoms with Gasteiger partial charge in [-0.05, 0) is 47.9 Å². The van der Waals surface area contributed by atoms with Gasteiger partial charge in [0.25, 0.3) is 11.5 Å². The van der Waals surface area contributed by atoms with E-state index in [-0.39, 0.29) is 23.4 Å². The van der Waals surface area contributed by atoms with Crippen molar-refractivity contribution < 1.29 is 4.79 Å². The fraction of sp³-hybridized carbons (Fsp3) is 0.0345. The molecule has 0 bridgehead atoms. The van der Waals surface area contributed by atoms with Crippen LogP contribution in [-0.2, 0) is 5.75 Å². The predicted molar refractivity (Wildman–Crippen MR) is 154 cm³/mol. The summed E-state index contributed by atoms with van der Waals surface area (Å²) in [5.74, 6) is 0.298. The minimum atomic E-state index is -0.353. The van der Waals surface area contributed by atoms with Crippen LogP contribution in [0.4, 0.5) is 11.6 Å². The molecule has 0 unspecified atom stereocenters. The number of nitrogens with zero attached hydrogens (tertiary/aromatic N) is 2. The standard InChI is InChI=1S/C29H22ClN5O2S/c30-21-13-15-23(16-14-21)38-18-22-17-26(36)33-28(31-22)35-29(34-27(37)20-8-2-1-3-9-20)32-25-12-6-10-19-7-4-5-11-24(19)25/h1-17H,18H2,(H3,31,32,33,34,35,36,37). The average Bonchev–Trinajstić information content (AvgIpc) is 2.93. The summed E-state index contributed by atoms with van der Waals surface area (Å²) in [6.45, 7) is 0. The third-order valence-corrected chi connectivity index (χ3v) is 6.81. The summed E-state index contributed by atoms with van der Waals surface area (Å²) in [4.78, 5) is 38.1. The molecule has 3 N–H and O–H groups in total. The minimum absolute atomic E-state index is 0.0697. The maximum atomic E-state index is 13.0. The van der Waals surface area contributed by atoms with Gasteiger partial charge in [0, 0.05) is 38.4 Å². The number of anilines is 1. The molecule has 9 heteroatoms. The van der Waals surface area contributed by atoms with Gasteiger partial charge in [-0.1, -0.05) is 66.2 Å². The Hall–Kier alpha value is -4.40. The van der Waals surface area contributed by atoms with Crippen molar-refractivity contribution in [1.82, 2.24) is 15.3 Å². The first-order chi connectivity index (χ1) is 18.5. The van der Waals surface area contributed by atoms with E-state index in [1.807, 2.05) is 72.8 Å². The fourth-order valence-electron chi connectivity index (χ4n) is 3.73. The number of aromatic nitrogens is 2. The third-order valence-electron chi connectivity index (χ3n) is 5.51. The molecule has 188 valence electrons. The second-order valence-electron chi connectivity index (χ2n) is 8.24. The van der Waals surface area contributed by atoms with E-state index in [1.165, 1.54) is 17.8 Å². The van der Waals surface area contributed by atoms with E-state index in [1.54, 1.807) is 24.3 Å². The number of fused-ring (bicyclic) bond motifs is 1. The Balaban J connectivity index is 1.46. The van der Waals surface area contributed by atoms with Crippen molar-refractivity contribution in [1.29, 1.82) is 0 Å². The number of guanidine groups is 1. The Labute approximate surface area is 228 Å². The van der Waals surface area contributed by atoms with Gasteiger partial charge >= 0.3 is 0 Å². The molecule has 4 aromatic carbocycles. The molecular formula is C29H22ClN5O2S. The van der Waals surface area contributed by atoms with Crippen molar-refractivity contribution in [3.05, 3.63) is 130 Å². The van der Waals surface area contributed by atoms with Crippen LogP contribution in [0, 0.1) is 0 Å². The van der Waals surface area contributed by atoms with Crippen molar-refractivity contribution in [3.8, 4) is 0 Å². The SMILES string of the molecule is O=C(NC(=Nc1nc(CSc2ccc(Cl)cc2)cc(=O)[nH]1)Nc1cccc2ccccc12)c1ccccc1. The van der Waals surface area contributed by atoms with Gasteiger partial charge in [0.2, 0.25) is 11.9 Å². The molecule has 0 aliphatic rings. The predicted octanol–water partition coefficient (Wildman–Crippen LogP) is 6.40. The van der Waals surface area contributed by atoms with Crippen LogP contribution in [0.3, 0.4) is 0 Å². The zero-order valence-corrected chi connectivity index (χ0v) is 21.6. The van der Waals surface area contributed by atoms with Crippen molar-refractivity contribution in [2.24, 2.45) is 4.99 Å². The second-order valence-corrected chi connectivity index (χ2v) is 9.72. The molecule has 0 radical (unpaired) electrons. The van der Waals surface area contributed by atoms with Crippen molar-refractivity contribution in [3.63, 3.8) is 0 Å². The highest BCUT2D eigenvalue weighted by Crippen LogP contribution is 2.25. The van der Waals surface area contributed by atoms with Gasteiger partial charge in [-0.3, -0.25) is 19.9 Å². The lowest BCUT2D eigenvalue weighted by Gasteiger charge is -2.13. The molecular weight excluding hydrogens is 518 g/mol. The van der Waals surface area contributed by atoms with Gasteiger partial charge < -0.3 is 5.32 Å². The third kappa shape index (κ3) is 6.47.